The Balaban J connectivity index is 2.35. The van der Waals surface area contributed by atoms with Crippen LogP contribution < -0.4 is 11.2 Å². The zero-order valence-electron chi connectivity index (χ0n) is 11.7. The Kier molecular flexibility index (Phi) is 5.21. The summed E-state index contributed by atoms with van der Waals surface area (Å²) in [6.45, 7) is 2.41. The van der Waals surface area contributed by atoms with E-state index >= 15 is 0 Å². The molecule has 2 rings (SSSR count). The Morgan fingerprint density at radius 3 is 2.76 bits per heavy atom. The summed E-state index contributed by atoms with van der Waals surface area (Å²) in [5.74, 6) is -0.368. The highest BCUT2D eigenvalue weighted by atomic mass is 32.2. The highest BCUT2D eigenvalue weighted by molar-refractivity contribution is 7.97. The summed E-state index contributed by atoms with van der Waals surface area (Å²) in [5, 5.41) is 10.4. The van der Waals surface area contributed by atoms with Crippen LogP contribution in [0.15, 0.2) is 45.1 Å². The molecule has 0 atom stereocenters. The number of aromatic hydroxyl groups is 1. The molecule has 21 heavy (non-hydrogen) atoms. The van der Waals surface area contributed by atoms with Gasteiger partial charge in [-0.15, -0.1) is 0 Å². The first-order valence-corrected chi connectivity index (χ1v) is 7.56. The van der Waals surface area contributed by atoms with Gasteiger partial charge in [-0.2, -0.15) is 3.97 Å². The van der Waals surface area contributed by atoms with Gasteiger partial charge in [0.1, 0.15) is 5.03 Å². The van der Waals surface area contributed by atoms with Gasteiger partial charge in [-0.1, -0.05) is 25.8 Å². The van der Waals surface area contributed by atoms with Crippen molar-refractivity contribution in [3.63, 3.8) is 0 Å². The molecule has 2 aromatic rings. The maximum absolute atomic E-state index is 12.3. The van der Waals surface area contributed by atoms with E-state index in [-0.39, 0.29) is 5.88 Å². The van der Waals surface area contributed by atoms with Crippen LogP contribution in [0.25, 0.3) is 0 Å². The first kappa shape index (κ1) is 15.4. The van der Waals surface area contributed by atoms with Crippen LogP contribution in [0.1, 0.15) is 26.2 Å². The third-order valence-electron chi connectivity index (χ3n) is 2.94. The second-order valence-electron chi connectivity index (χ2n) is 4.54. The van der Waals surface area contributed by atoms with Crippen molar-refractivity contribution in [1.29, 1.82) is 0 Å². The van der Waals surface area contributed by atoms with Gasteiger partial charge in [0.25, 0.3) is 5.56 Å². The molecule has 6 nitrogen and oxygen atoms in total. The van der Waals surface area contributed by atoms with Crippen molar-refractivity contribution >= 4 is 11.9 Å². The number of rotatable bonds is 6. The molecule has 2 aromatic heterocycles. The van der Waals surface area contributed by atoms with Crippen LogP contribution in [-0.4, -0.2) is 18.6 Å². The number of hydrogen-bond acceptors (Lipinski definition) is 5. The van der Waals surface area contributed by atoms with Gasteiger partial charge in [0.15, 0.2) is 0 Å². The molecule has 0 aromatic carbocycles. The number of nitrogens with zero attached hydrogens (tertiary/aromatic N) is 3. The molecule has 7 heteroatoms. The van der Waals surface area contributed by atoms with E-state index in [1.54, 1.807) is 24.4 Å². The molecular formula is C14H17N3O3S. The van der Waals surface area contributed by atoms with Gasteiger partial charge in [0.05, 0.1) is 6.07 Å². The number of hydrogen-bond donors (Lipinski definition) is 1. The van der Waals surface area contributed by atoms with Crippen LogP contribution in [0.3, 0.4) is 0 Å². The average Bonchev–Trinajstić information content (AvgIpc) is 2.48. The normalized spacial score (nSPS) is 10.7. The van der Waals surface area contributed by atoms with Crippen LogP contribution in [0.2, 0.25) is 0 Å². The predicted molar refractivity (Wildman–Crippen MR) is 81.6 cm³/mol. The average molecular weight is 307 g/mol. The van der Waals surface area contributed by atoms with Crippen molar-refractivity contribution in [2.24, 2.45) is 0 Å². The van der Waals surface area contributed by atoms with Gasteiger partial charge in [-0.25, -0.2) is 9.78 Å². The summed E-state index contributed by atoms with van der Waals surface area (Å²) in [7, 11) is 0. The van der Waals surface area contributed by atoms with Crippen LogP contribution in [0.4, 0.5) is 0 Å². The van der Waals surface area contributed by atoms with Crippen LogP contribution in [-0.2, 0) is 6.54 Å². The molecule has 0 saturated carbocycles. The number of unbranched alkanes of at least 4 members (excludes halogenated alkanes) is 2. The highest BCUT2D eigenvalue weighted by Gasteiger charge is 2.12. The van der Waals surface area contributed by atoms with Crippen molar-refractivity contribution in [3.8, 4) is 5.88 Å². The lowest BCUT2D eigenvalue weighted by molar-refractivity contribution is 0.431. The first-order valence-electron chi connectivity index (χ1n) is 6.78. The fourth-order valence-electron chi connectivity index (χ4n) is 1.86. The zero-order chi connectivity index (χ0) is 15.2. The standard InChI is InChI=1S/C14H17N3O3S/c1-2-3-6-9-16-12(18)10-13(19)17(14(16)20)21-11-7-4-5-8-15-11/h4-5,7-8,10,19H,2-3,6,9H2,1H3. The molecule has 0 aliphatic heterocycles. The molecule has 0 bridgehead atoms. The van der Waals surface area contributed by atoms with Crippen molar-refractivity contribution in [2.45, 2.75) is 37.8 Å². The van der Waals surface area contributed by atoms with E-state index in [0.29, 0.717) is 11.6 Å². The second-order valence-corrected chi connectivity index (χ2v) is 5.50. The van der Waals surface area contributed by atoms with Crippen molar-refractivity contribution < 1.29 is 5.11 Å². The Morgan fingerprint density at radius 1 is 1.29 bits per heavy atom. The molecule has 112 valence electrons. The smallest absolute Gasteiger partial charge is 0.344 e. The minimum Gasteiger partial charge on any atom is -0.494 e. The van der Waals surface area contributed by atoms with E-state index in [1.807, 2.05) is 0 Å². The van der Waals surface area contributed by atoms with Gasteiger partial charge in [0.2, 0.25) is 5.88 Å². The summed E-state index contributed by atoms with van der Waals surface area (Å²) in [6, 6.07) is 6.33. The topological polar surface area (TPSA) is 77.1 Å². The van der Waals surface area contributed by atoms with Gasteiger partial charge in [-0.05, 0) is 18.6 Å². The van der Waals surface area contributed by atoms with Crippen molar-refractivity contribution in [1.82, 2.24) is 13.5 Å². The van der Waals surface area contributed by atoms with E-state index < -0.39 is 11.2 Å². The van der Waals surface area contributed by atoms with Crippen molar-refractivity contribution in [3.05, 3.63) is 51.3 Å². The van der Waals surface area contributed by atoms with E-state index in [2.05, 4.69) is 11.9 Å². The Morgan fingerprint density at radius 2 is 2.10 bits per heavy atom. The lowest BCUT2D eigenvalue weighted by Crippen LogP contribution is -2.37. The third-order valence-corrected chi connectivity index (χ3v) is 3.89. The maximum atomic E-state index is 12.3. The minimum absolute atomic E-state index is 0.356. The van der Waals surface area contributed by atoms with Crippen molar-refractivity contribution in [2.75, 3.05) is 0 Å². The number of aromatic nitrogens is 3. The maximum Gasteiger partial charge on any atom is 0.344 e. The Hall–Kier alpha value is -2.02. The van der Waals surface area contributed by atoms with Crippen LogP contribution in [0, 0.1) is 0 Å². The molecular weight excluding hydrogens is 290 g/mol. The van der Waals surface area contributed by atoms with E-state index in [1.165, 1.54) is 0 Å². The lowest BCUT2D eigenvalue weighted by atomic mass is 10.2. The number of pyridine rings is 1. The molecule has 0 aliphatic rings. The van der Waals surface area contributed by atoms with E-state index in [9.17, 15) is 14.7 Å². The van der Waals surface area contributed by atoms with Gasteiger partial charge in [0, 0.05) is 24.7 Å². The summed E-state index contributed by atoms with van der Waals surface area (Å²) in [5.41, 5.74) is -1.02. The summed E-state index contributed by atoms with van der Waals surface area (Å²) in [4.78, 5) is 28.2. The summed E-state index contributed by atoms with van der Waals surface area (Å²) >= 11 is 0.986. The fourth-order valence-corrected chi connectivity index (χ4v) is 2.61. The molecule has 1 N–H and O–H groups in total. The lowest BCUT2D eigenvalue weighted by Gasteiger charge is -2.10. The molecule has 0 amide bonds. The fraction of sp³-hybridized carbons (Fsp3) is 0.357. The first-order chi connectivity index (χ1) is 10.1. The van der Waals surface area contributed by atoms with E-state index in [4.69, 9.17) is 0 Å². The third kappa shape index (κ3) is 3.75. The van der Waals surface area contributed by atoms with E-state index in [0.717, 1.165) is 45.8 Å². The largest absolute Gasteiger partial charge is 0.494 e. The van der Waals surface area contributed by atoms with Crippen LogP contribution >= 0.6 is 11.9 Å². The van der Waals surface area contributed by atoms with Gasteiger partial charge >= 0.3 is 5.69 Å². The summed E-state index contributed by atoms with van der Waals surface area (Å²) in [6.07, 6.45) is 4.30. The molecule has 0 fully saturated rings. The molecule has 0 unspecified atom stereocenters. The van der Waals surface area contributed by atoms with Gasteiger partial charge in [-0.3, -0.25) is 9.36 Å². The van der Waals surface area contributed by atoms with Crippen LogP contribution in [0.5, 0.6) is 5.88 Å². The molecule has 2 heterocycles. The van der Waals surface area contributed by atoms with Gasteiger partial charge < -0.3 is 5.11 Å². The minimum atomic E-state index is -0.535. The Bertz CT molecular complexity index is 710. The highest BCUT2D eigenvalue weighted by Crippen LogP contribution is 2.19. The zero-order valence-corrected chi connectivity index (χ0v) is 12.5. The monoisotopic (exact) mass is 307 g/mol. The SMILES string of the molecule is CCCCCn1c(=O)cc(O)n(Sc2ccccn2)c1=O. The molecule has 0 radical (unpaired) electrons. The Labute approximate surface area is 126 Å². The molecule has 0 aliphatic carbocycles. The molecule has 0 saturated heterocycles. The predicted octanol–water partition coefficient (Wildman–Crippen LogP) is 1.86. The molecule has 0 spiro atoms. The second kappa shape index (κ2) is 7.12. The summed E-state index contributed by atoms with van der Waals surface area (Å²) < 4.78 is 2.22. The quantitative estimate of drug-likeness (QED) is 0.824.